The Hall–Kier alpha value is -1.16. The molecule has 1 aromatic carbocycles. The second kappa shape index (κ2) is 3.06. The summed E-state index contributed by atoms with van der Waals surface area (Å²) in [6.07, 6.45) is -0.000370. The largest absolute Gasteiger partial charge is 0.504 e. The maximum Gasteiger partial charge on any atom is 0.167 e. The quantitative estimate of drug-likeness (QED) is 0.547. The molecule has 64 valence electrons. The fraction of sp³-hybridized carbons (Fsp3) is 0. The van der Waals surface area contributed by atoms with Gasteiger partial charge >= 0.3 is 0 Å². The van der Waals surface area contributed by atoms with E-state index in [1.807, 2.05) is 0 Å². The number of phenols is 1. The topological polar surface area (TPSA) is 37.3 Å². The fourth-order valence-electron chi connectivity index (χ4n) is 0.712. The van der Waals surface area contributed by atoms with Gasteiger partial charge in [-0.15, -0.1) is 0 Å². The summed E-state index contributed by atoms with van der Waals surface area (Å²) in [4.78, 5) is 10.1. The van der Waals surface area contributed by atoms with Crippen molar-refractivity contribution in [1.82, 2.24) is 0 Å². The van der Waals surface area contributed by atoms with Crippen molar-refractivity contribution < 1.29 is 18.7 Å². The van der Waals surface area contributed by atoms with Gasteiger partial charge in [-0.05, 0) is 6.07 Å². The summed E-state index contributed by atoms with van der Waals surface area (Å²) in [5, 5.41) is 8.26. The van der Waals surface area contributed by atoms with Crippen LogP contribution in [0.15, 0.2) is 6.07 Å². The van der Waals surface area contributed by atoms with Gasteiger partial charge in [0.05, 0.1) is 10.6 Å². The molecule has 0 aromatic heterocycles. The van der Waals surface area contributed by atoms with Gasteiger partial charge in [0, 0.05) is 0 Å². The van der Waals surface area contributed by atoms with E-state index >= 15 is 0 Å². The molecule has 1 rings (SSSR count). The Morgan fingerprint density at radius 1 is 1.50 bits per heavy atom. The number of halogens is 3. The smallest absolute Gasteiger partial charge is 0.167 e. The molecule has 0 unspecified atom stereocenters. The SMILES string of the molecule is O=Cc1c(O)c(F)cc(Cl)c1F. The predicted molar refractivity (Wildman–Crippen MR) is 38.4 cm³/mol. The van der Waals surface area contributed by atoms with E-state index in [1.165, 1.54) is 0 Å². The molecule has 1 N–H and O–H groups in total. The Morgan fingerprint density at radius 3 is 2.58 bits per heavy atom. The summed E-state index contributed by atoms with van der Waals surface area (Å²) in [6.45, 7) is 0. The van der Waals surface area contributed by atoms with Gasteiger partial charge in [0.15, 0.2) is 23.7 Å². The third-order valence-electron chi connectivity index (χ3n) is 1.30. The maximum absolute atomic E-state index is 12.8. The number of rotatable bonds is 1. The summed E-state index contributed by atoms with van der Waals surface area (Å²) in [6, 6.07) is 0.596. The Morgan fingerprint density at radius 2 is 2.08 bits per heavy atom. The van der Waals surface area contributed by atoms with E-state index in [0.29, 0.717) is 6.07 Å². The van der Waals surface area contributed by atoms with Gasteiger partial charge in [0.1, 0.15) is 0 Å². The van der Waals surface area contributed by atoms with E-state index in [1.54, 1.807) is 0 Å². The van der Waals surface area contributed by atoms with E-state index in [4.69, 9.17) is 16.7 Å². The molecule has 0 aliphatic carbocycles. The second-order valence-electron chi connectivity index (χ2n) is 2.03. The van der Waals surface area contributed by atoms with Crippen LogP contribution in [0.25, 0.3) is 0 Å². The van der Waals surface area contributed by atoms with Crippen molar-refractivity contribution in [2.75, 3.05) is 0 Å². The third kappa shape index (κ3) is 1.25. The minimum atomic E-state index is -1.12. The number of carbonyl (C=O) groups excluding carboxylic acids is 1. The zero-order valence-electron chi connectivity index (χ0n) is 5.64. The molecule has 1 aromatic rings. The molecule has 0 fully saturated rings. The van der Waals surface area contributed by atoms with Gasteiger partial charge in [-0.1, -0.05) is 11.6 Å². The van der Waals surface area contributed by atoms with Gasteiger partial charge in [0.2, 0.25) is 0 Å². The molecule has 0 saturated heterocycles. The van der Waals surface area contributed by atoms with E-state index in [9.17, 15) is 13.6 Å². The highest BCUT2D eigenvalue weighted by atomic mass is 35.5. The summed E-state index contributed by atoms with van der Waals surface area (Å²) < 4.78 is 25.3. The normalized spacial score (nSPS) is 9.92. The van der Waals surface area contributed by atoms with Gasteiger partial charge in [-0.3, -0.25) is 4.79 Å². The lowest BCUT2D eigenvalue weighted by atomic mass is 10.2. The van der Waals surface area contributed by atoms with E-state index < -0.39 is 28.0 Å². The average Bonchev–Trinajstić information content (AvgIpc) is 2.02. The fourth-order valence-corrected chi connectivity index (χ4v) is 0.909. The van der Waals surface area contributed by atoms with Crippen LogP contribution in [-0.4, -0.2) is 11.4 Å². The van der Waals surface area contributed by atoms with Crippen molar-refractivity contribution in [3.8, 4) is 5.75 Å². The average molecular weight is 193 g/mol. The predicted octanol–water partition coefficient (Wildman–Crippen LogP) is 2.14. The third-order valence-corrected chi connectivity index (χ3v) is 1.57. The number of aromatic hydroxyl groups is 1. The number of hydrogen-bond donors (Lipinski definition) is 1. The summed E-state index contributed by atoms with van der Waals surface area (Å²) in [7, 11) is 0. The minimum Gasteiger partial charge on any atom is -0.504 e. The van der Waals surface area contributed by atoms with Crippen LogP contribution in [0.4, 0.5) is 8.78 Å². The van der Waals surface area contributed by atoms with Crippen molar-refractivity contribution in [3.63, 3.8) is 0 Å². The lowest BCUT2D eigenvalue weighted by Gasteiger charge is -2.01. The molecule has 0 bridgehead atoms. The first kappa shape index (κ1) is 8.93. The van der Waals surface area contributed by atoms with Crippen molar-refractivity contribution in [1.29, 1.82) is 0 Å². The highest BCUT2D eigenvalue weighted by Gasteiger charge is 2.15. The summed E-state index contributed by atoms with van der Waals surface area (Å²) in [5.74, 6) is -3.26. The number of hydrogen-bond acceptors (Lipinski definition) is 2. The minimum absolute atomic E-state index is 0.000370. The van der Waals surface area contributed by atoms with E-state index in [-0.39, 0.29) is 6.29 Å². The van der Waals surface area contributed by atoms with Crippen LogP contribution in [0, 0.1) is 11.6 Å². The van der Waals surface area contributed by atoms with Crippen LogP contribution >= 0.6 is 11.6 Å². The molecule has 0 radical (unpaired) electrons. The highest BCUT2D eigenvalue weighted by Crippen LogP contribution is 2.28. The lowest BCUT2D eigenvalue weighted by Crippen LogP contribution is -1.92. The number of benzene rings is 1. The van der Waals surface area contributed by atoms with Crippen LogP contribution in [0.5, 0.6) is 5.75 Å². The Bertz CT molecular complexity index is 312. The molecule has 0 aliphatic heterocycles. The first-order chi connectivity index (χ1) is 5.57. The Labute approximate surface area is 71.4 Å². The molecule has 0 amide bonds. The van der Waals surface area contributed by atoms with Gasteiger partial charge in [-0.2, -0.15) is 0 Å². The molecular weight excluding hydrogens is 190 g/mol. The molecule has 0 heterocycles. The van der Waals surface area contributed by atoms with Crippen LogP contribution in [0.1, 0.15) is 10.4 Å². The molecule has 12 heavy (non-hydrogen) atoms. The molecule has 0 spiro atoms. The summed E-state index contributed by atoms with van der Waals surface area (Å²) in [5.41, 5.74) is -0.764. The number of aldehydes is 1. The molecule has 5 heteroatoms. The van der Waals surface area contributed by atoms with Gasteiger partial charge < -0.3 is 5.11 Å². The lowest BCUT2D eigenvalue weighted by molar-refractivity contribution is 0.111. The van der Waals surface area contributed by atoms with Crippen molar-refractivity contribution in [2.45, 2.75) is 0 Å². The first-order valence-corrected chi connectivity index (χ1v) is 3.27. The molecule has 2 nitrogen and oxygen atoms in total. The second-order valence-corrected chi connectivity index (χ2v) is 2.44. The van der Waals surface area contributed by atoms with Crippen molar-refractivity contribution >= 4 is 17.9 Å². The monoisotopic (exact) mass is 192 g/mol. The van der Waals surface area contributed by atoms with Crippen molar-refractivity contribution in [2.24, 2.45) is 0 Å². The zero-order valence-corrected chi connectivity index (χ0v) is 6.40. The summed E-state index contributed by atoms with van der Waals surface area (Å²) >= 11 is 5.18. The van der Waals surface area contributed by atoms with Crippen LogP contribution in [0.2, 0.25) is 5.02 Å². The van der Waals surface area contributed by atoms with E-state index in [2.05, 4.69) is 0 Å². The van der Waals surface area contributed by atoms with Gasteiger partial charge in [0.25, 0.3) is 0 Å². The van der Waals surface area contributed by atoms with Crippen LogP contribution < -0.4 is 0 Å². The number of phenolic OH excluding ortho intramolecular Hbond substituents is 1. The highest BCUT2D eigenvalue weighted by molar-refractivity contribution is 6.31. The zero-order chi connectivity index (χ0) is 9.30. The molecular formula is C7H3ClF2O2. The molecule has 0 aliphatic rings. The molecule has 0 atom stereocenters. The molecule has 0 saturated carbocycles. The van der Waals surface area contributed by atoms with E-state index in [0.717, 1.165) is 0 Å². The van der Waals surface area contributed by atoms with Crippen LogP contribution in [-0.2, 0) is 0 Å². The standard InChI is InChI=1S/C7H3ClF2O2/c8-4-1-5(9)7(12)3(2-11)6(4)10/h1-2,12H. The van der Waals surface area contributed by atoms with Crippen LogP contribution in [0.3, 0.4) is 0 Å². The van der Waals surface area contributed by atoms with Gasteiger partial charge in [-0.25, -0.2) is 8.78 Å². The Balaban J connectivity index is 3.52. The Kier molecular flexibility index (Phi) is 2.28. The van der Waals surface area contributed by atoms with Crippen molar-refractivity contribution in [3.05, 3.63) is 28.3 Å². The maximum atomic E-state index is 12.8. The first-order valence-electron chi connectivity index (χ1n) is 2.89. The number of carbonyl (C=O) groups is 1.